The summed E-state index contributed by atoms with van der Waals surface area (Å²) in [7, 11) is -3.03. The van der Waals surface area contributed by atoms with Crippen LogP contribution in [0.4, 0.5) is 5.82 Å². The molecule has 1 saturated heterocycles. The molecule has 1 aliphatic rings. The van der Waals surface area contributed by atoms with Gasteiger partial charge >= 0.3 is 0 Å². The Labute approximate surface area is 137 Å². The van der Waals surface area contributed by atoms with E-state index in [-0.39, 0.29) is 35.2 Å². The van der Waals surface area contributed by atoms with Gasteiger partial charge in [-0.2, -0.15) is 0 Å². The predicted molar refractivity (Wildman–Crippen MR) is 89.2 cm³/mol. The fourth-order valence-corrected chi connectivity index (χ4v) is 4.37. The average Bonchev–Trinajstić information content (AvgIpc) is 2.88. The van der Waals surface area contributed by atoms with Crippen molar-refractivity contribution in [2.45, 2.75) is 45.7 Å². The molecule has 1 aromatic rings. The molecule has 1 aliphatic heterocycles. The minimum absolute atomic E-state index is 0.0373. The Morgan fingerprint density at radius 3 is 2.74 bits per heavy atom. The van der Waals surface area contributed by atoms with E-state index in [2.05, 4.69) is 22.2 Å². The van der Waals surface area contributed by atoms with Crippen LogP contribution in [0.1, 0.15) is 44.1 Å². The van der Waals surface area contributed by atoms with Crippen LogP contribution in [-0.2, 0) is 9.84 Å². The summed E-state index contributed by atoms with van der Waals surface area (Å²) in [5.74, 6) is 0.541. The molecule has 1 aromatic heterocycles. The summed E-state index contributed by atoms with van der Waals surface area (Å²) < 4.78 is 23.3. The zero-order chi connectivity index (χ0) is 17.0. The van der Waals surface area contributed by atoms with Gasteiger partial charge in [0.25, 0.3) is 5.91 Å². The van der Waals surface area contributed by atoms with Crippen molar-refractivity contribution in [3.05, 3.63) is 18.1 Å². The zero-order valence-corrected chi connectivity index (χ0v) is 14.6. The second-order valence-electron chi connectivity index (χ2n) is 5.89. The van der Waals surface area contributed by atoms with Gasteiger partial charge in [0, 0.05) is 24.7 Å². The van der Waals surface area contributed by atoms with Crippen LogP contribution in [0, 0.1) is 0 Å². The maximum absolute atomic E-state index is 12.7. The highest BCUT2D eigenvalue weighted by Gasteiger charge is 2.34. The van der Waals surface area contributed by atoms with Crippen LogP contribution < -0.4 is 5.32 Å². The quantitative estimate of drug-likeness (QED) is 0.840. The fraction of sp³-hybridized carbons (Fsp3) is 0.667. The van der Waals surface area contributed by atoms with Crippen LogP contribution in [-0.4, -0.2) is 59.3 Å². The zero-order valence-electron chi connectivity index (χ0n) is 13.8. The molecule has 0 bridgehead atoms. The van der Waals surface area contributed by atoms with Crippen molar-refractivity contribution in [3.63, 3.8) is 0 Å². The number of rotatable bonds is 6. The summed E-state index contributed by atoms with van der Waals surface area (Å²) >= 11 is 0. The van der Waals surface area contributed by atoms with Gasteiger partial charge < -0.3 is 10.2 Å². The first-order chi connectivity index (χ1) is 10.9. The predicted octanol–water partition coefficient (Wildman–Crippen LogP) is 1.34. The Kier molecular flexibility index (Phi) is 5.56. The average molecular weight is 340 g/mol. The number of sulfone groups is 1. The maximum atomic E-state index is 12.7. The first-order valence-electron chi connectivity index (χ1n) is 7.96. The molecule has 0 aromatic carbocycles. The summed E-state index contributed by atoms with van der Waals surface area (Å²) in [4.78, 5) is 22.5. The van der Waals surface area contributed by atoms with E-state index in [1.54, 1.807) is 11.0 Å². The molecule has 23 heavy (non-hydrogen) atoms. The summed E-state index contributed by atoms with van der Waals surface area (Å²) in [5, 5.41) is 3.21. The van der Waals surface area contributed by atoms with E-state index in [4.69, 9.17) is 0 Å². The molecule has 1 fully saturated rings. The number of nitrogens with zero attached hydrogens (tertiary/aromatic N) is 3. The minimum atomic E-state index is -3.03. The molecule has 0 radical (unpaired) electrons. The molecule has 128 valence electrons. The number of nitrogens with one attached hydrogen (secondary N) is 1. The Hall–Kier alpha value is -1.70. The van der Waals surface area contributed by atoms with Crippen molar-refractivity contribution in [2.24, 2.45) is 0 Å². The second-order valence-corrected chi connectivity index (χ2v) is 8.12. The minimum Gasteiger partial charge on any atom is -0.368 e. The summed E-state index contributed by atoms with van der Waals surface area (Å²) in [6.45, 7) is 6.40. The lowest BCUT2D eigenvalue weighted by atomic mass is 10.2. The van der Waals surface area contributed by atoms with E-state index in [1.807, 2.05) is 13.8 Å². The van der Waals surface area contributed by atoms with Crippen molar-refractivity contribution >= 4 is 21.6 Å². The summed E-state index contributed by atoms with van der Waals surface area (Å²) in [6.07, 6.45) is 2.79. The molecule has 0 spiro atoms. The first kappa shape index (κ1) is 17.7. The lowest BCUT2D eigenvalue weighted by Crippen LogP contribution is -2.41. The Morgan fingerprint density at radius 1 is 1.43 bits per heavy atom. The molecule has 2 heterocycles. The topological polar surface area (TPSA) is 92.3 Å². The monoisotopic (exact) mass is 340 g/mol. The van der Waals surface area contributed by atoms with Gasteiger partial charge in [0.15, 0.2) is 9.84 Å². The van der Waals surface area contributed by atoms with Crippen molar-refractivity contribution in [2.75, 3.05) is 23.4 Å². The number of carbonyl (C=O) groups is 1. The van der Waals surface area contributed by atoms with E-state index >= 15 is 0 Å². The van der Waals surface area contributed by atoms with Crippen molar-refractivity contribution in [3.8, 4) is 0 Å². The Morgan fingerprint density at radius 2 is 2.17 bits per heavy atom. The van der Waals surface area contributed by atoms with Crippen LogP contribution in [0.15, 0.2) is 12.4 Å². The maximum Gasteiger partial charge on any atom is 0.272 e. The number of carbonyl (C=O) groups excluding carboxylic acids is 1. The van der Waals surface area contributed by atoms with E-state index in [1.165, 1.54) is 6.33 Å². The molecular formula is C15H24N4O3S. The molecule has 8 heteroatoms. The SMILES string of the molecule is CCC(C)Nc1cc(C(=O)N(CC)C2CCS(=O)(=O)C2)ncn1. The molecular weight excluding hydrogens is 316 g/mol. The van der Waals surface area contributed by atoms with Crippen LogP contribution in [0.25, 0.3) is 0 Å². The van der Waals surface area contributed by atoms with Gasteiger partial charge in [-0.15, -0.1) is 0 Å². The molecule has 7 nitrogen and oxygen atoms in total. The highest BCUT2D eigenvalue weighted by molar-refractivity contribution is 7.91. The third-order valence-corrected chi connectivity index (χ3v) is 5.89. The van der Waals surface area contributed by atoms with E-state index in [9.17, 15) is 13.2 Å². The lowest BCUT2D eigenvalue weighted by Gasteiger charge is -2.26. The highest BCUT2D eigenvalue weighted by Crippen LogP contribution is 2.20. The molecule has 2 rings (SSSR count). The standard InChI is InChI=1S/C15H24N4O3S/c1-4-11(3)18-14-8-13(16-10-17-14)15(20)19(5-2)12-6-7-23(21,22)9-12/h8,10-12H,4-7,9H2,1-3H3,(H,16,17,18). The number of aromatic nitrogens is 2. The normalized spacial score (nSPS) is 20.9. The van der Waals surface area contributed by atoms with E-state index in [0.717, 1.165) is 6.42 Å². The van der Waals surface area contributed by atoms with Crippen LogP contribution in [0.3, 0.4) is 0 Å². The molecule has 0 saturated carbocycles. The van der Waals surface area contributed by atoms with Gasteiger partial charge in [-0.25, -0.2) is 18.4 Å². The van der Waals surface area contributed by atoms with Crippen molar-refractivity contribution in [1.29, 1.82) is 0 Å². The largest absolute Gasteiger partial charge is 0.368 e. The van der Waals surface area contributed by atoms with Gasteiger partial charge in [-0.3, -0.25) is 4.79 Å². The second kappa shape index (κ2) is 7.25. The summed E-state index contributed by atoms with van der Waals surface area (Å²) in [6, 6.07) is 1.61. The van der Waals surface area contributed by atoms with Gasteiger partial charge in [0.1, 0.15) is 17.8 Å². The van der Waals surface area contributed by atoms with Crippen molar-refractivity contribution < 1.29 is 13.2 Å². The summed E-state index contributed by atoms with van der Waals surface area (Å²) in [5.41, 5.74) is 0.289. The van der Waals surface area contributed by atoms with E-state index < -0.39 is 9.84 Å². The van der Waals surface area contributed by atoms with Gasteiger partial charge in [0.05, 0.1) is 11.5 Å². The van der Waals surface area contributed by atoms with Gasteiger partial charge in [-0.05, 0) is 26.7 Å². The van der Waals surface area contributed by atoms with Crippen molar-refractivity contribution in [1.82, 2.24) is 14.9 Å². The molecule has 0 aliphatic carbocycles. The number of amides is 1. The molecule has 2 unspecified atom stereocenters. The number of hydrogen-bond donors (Lipinski definition) is 1. The molecule has 1 N–H and O–H groups in total. The molecule has 1 amide bonds. The van der Waals surface area contributed by atoms with Crippen LogP contribution >= 0.6 is 0 Å². The number of anilines is 1. The lowest BCUT2D eigenvalue weighted by molar-refractivity contribution is 0.0702. The molecule has 2 atom stereocenters. The number of hydrogen-bond acceptors (Lipinski definition) is 6. The van der Waals surface area contributed by atoms with Crippen LogP contribution in [0.5, 0.6) is 0 Å². The van der Waals surface area contributed by atoms with Gasteiger partial charge in [-0.1, -0.05) is 6.92 Å². The fourth-order valence-electron chi connectivity index (χ4n) is 2.64. The van der Waals surface area contributed by atoms with E-state index in [0.29, 0.717) is 18.8 Å². The third-order valence-electron chi connectivity index (χ3n) is 4.14. The third kappa shape index (κ3) is 4.40. The first-order valence-corrected chi connectivity index (χ1v) is 9.78. The Bertz CT molecular complexity index is 662. The smallest absolute Gasteiger partial charge is 0.272 e. The highest BCUT2D eigenvalue weighted by atomic mass is 32.2. The van der Waals surface area contributed by atoms with Gasteiger partial charge in [0.2, 0.25) is 0 Å². The van der Waals surface area contributed by atoms with Crippen LogP contribution in [0.2, 0.25) is 0 Å². The Balaban J connectivity index is 2.16.